The Morgan fingerprint density at radius 1 is 1.19 bits per heavy atom. The van der Waals surface area contributed by atoms with Gasteiger partial charge < -0.3 is 9.84 Å². The van der Waals surface area contributed by atoms with Crippen LogP contribution < -0.4 is 4.74 Å². The number of nitrogens with zero attached hydrogens (tertiary/aromatic N) is 1. The molecular weight excluding hydrogens is 402 g/mol. The number of benzene rings is 2. The number of nitriles is 1. The van der Waals surface area contributed by atoms with E-state index in [0.29, 0.717) is 26.9 Å². The third kappa shape index (κ3) is 3.84. The lowest BCUT2D eigenvalue weighted by Gasteiger charge is -2.11. The molecule has 6 heteroatoms. The van der Waals surface area contributed by atoms with Gasteiger partial charge in [-0.1, -0.05) is 12.1 Å². The van der Waals surface area contributed by atoms with Crippen molar-refractivity contribution in [3.8, 4) is 11.8 Å². The molecule has 2 aromatic rings. The largest absolute Gasteiger partial charge is 0.487 e. The van der Waals surface area contributed by atoms with Crippen molar-refractivity contribution in [2.75, 3.05) is 0 Å². The third-order valence-electron chi connectivity index (χ3n) is 2.71. The Morgan fingerprint density at radius 3 is 2.24 bits per heavy atom. The Labute approximate surface area is 138 Å². The number of carboxylic acids is 1. The van der Waals surface area contributed by atoms with Gasteiger partial charge in [-0.25, -0.2) is 4.79 Å². The Kier molecular flexibility index (Phi) is 4.99. The van der Waals surface area contributed by atoms with Gasteiger partial charge in [-0.15, -0.1) is 0 Å². The summed E-state index contributed by atoms with van der Waals surface area (Å²) >= 11 is 6.60. The van der Waals surface area contributed by atoms with Crippen molar-refractivity contribution in [1.82, 2.24) is 0 Å². The molecule has 2 aromatic carbocycles. The molecule has 0 aliphatic rings. The quantitative estimate of drug-likeness (QED) is 0.812. The van der Waals surface area contributed by atoms with E-state index in [-0.39, 0.29) is 5.56 Å². The molecule has 0 atom stereocenters. The van der Waals surface area contributed by atoms with Gasteiger partial charge in [-0.05, 0) is 61.7 Å². The van der Waals surface area contributed by atoms with Crippen molar-refractivity contribution in [3.63, 3.8) is 0 Å². The normalized spacial score (nSPS) is 9.95. The van der Waals surface area contributed by atoms with Crippen LogP contribution in [-0.4, -0.2) is 11.1 Å². The fourth-order valence-electron chi connectivity index (χ4n) is 1.65. The Morgan fingerprint density at radius 2 is 1.76 bits per heavy atom. The Bertz CT molecular complexity index is 698. The van der Waals surface area contributed by atoms with Gasteiger partial charge in [0.2, 0.25) is 0 Å². The summed E-state index contributed by atoms with van der Waals surface area (Å²) in [5, 5.41) is 17.7. The predicted molar refractivity (Wildman–Crippen MR) is 84.3 cm³/mol. The minimum Gasteiger partial charge on any atom is -0.487 e. The summed E-state index contributed by atoms with van der Waals surface area (Å²) in [6, 6.07) is 12.1. The van der Waals surface area contributed by atoms with E-state index in [1.54, 1.807) is 12.1 Å². The highest BCUT2D eigenvalue weighted by atomic mass is 79.9. The summed E-state index contributed by atoms with van der Waals surface area (Å²) in [4.78, 5) is 10.9. The number of rotatable bonds is 4. The van der Waals surface area contributed by atoms with Crippen LogP contribution in [0.4, 0.5) is 0 Å². The summed E-state index contributed by atoms with van der Waals surface area (Å²) in [5.74, 6) is -0.473. The summed E-state index contributed by atoms with van der Waals surface area (Å²) < 4.78 is 6.81. The molecule has 1 N–H and O–H groups in total. The minimum absolute atomic E-state index is 0.166. The Hall–Kier alpha value is -1.84. The van der Waals surface area contributed by atoms with E-state index in [2.05, 4.69) is 37.9 Å². The first-order chi connectivity index (χ1) is 10.0. The molecule has 0 fully saturated rings. The lowest BCUT2D eigenvalue weighted by Crippen LogP contribution is -2.00. The van der Waals surface area contributed by atoms with E-state index in [1.165, 1.54) is 12.1 Å². The maximum absolute atomic E-state index is 10.9. The van der Waals surface area contributed by atoms with Crippen molar-refractivity contribution in [2.45, 2.75) is 6.61 Å². The highest BCUT2D eigenvalue weighted by molar-refractivity contribution is 9.11. The van der Waals surface area contributed by atoms with Crippen LogP contribution in [0.1, 0.15) is 21.5 Å². The van der Waals surface area contributed by atoms with Crippen LogP contribution in [0.15, 0.2) is 45.3 Å². The van der Waals surface area contributed by atoms with Crippen molar-refractivity contribution in [1.29, 1.82) is 5.26 Å². The number of carbonyl (C=O) groups is 1. The van der Waals surface area contributed by atoms with E-state index < -0.39 is 5.97 Å². The van der Waals surface area contributed by atoms with E-state index in [1.807, 2.05) is 12.1 Å². The fraction of sp³-hybridized carbons (Fsp3) is 0.0667. The minimum atomic E-state index is -1.00. The predicted octanol–water partition coefficient (Wildman–Crippen LogP) is 4.36. The first kappa shape index (κ1) is 15.5. The van der Waals surface area contributed by atoms with Crippen molar-refractivity contribution >= 4 is 37.8 Å². The standard InChI is InChI=1S/C15H9Br2NO3/c16-12-5-11(15(19)20)6-13(17)14(12)21-8-10-3-1-9(7-18)2-4-10/h1-6H,8H2,(H,19,20). The molecule has 4 nitrogen and oxygen atoms in total. The Balaban J connectivity index is 2.16. The highest BCUT2D eigenvalue weighted by Crippen LogP contribution is 2.35. The van der Waals surface area contributed by atoms with Crippen molar-refractivity contribution < 1.29 is 14.6 Å². The highest BCUT2D eigenvalue weighted by Gasteiger charge is 2.12. The third-order valence-corrected chi connectivity index (χ3v) is 3.89. The van der Waals surface area contributed by atoms with Crippen molar-refractivity contribution in [3.05, 3.63) is 62.0 Å². The number of hydrogen-bond acceptors (Lipinski definition) is 3. The topological polar surface area (TPSA) is 70.3 Å². The van der Waals surface area contributed by atoms with E-state index in [4.69, 9.17) is 15.1 Å². The molecule has 0 amide bonds. The zero-order valence-corrected chi connectivity index (χ0v) is 13.8. The maximum atomic E-state index is 10.9. The second-order valence-corrected chi connectivity index (χ2v) is 5.88. The molecule has 0 radical (unpaired) electrons. The van der Waals surface area contributed by atoms with Gasteiger partial charge in [0.25, 0.3) is 0 Å². The molecule has 0 aromatic heterocycles. The zero-order valence-electron chi connectivity index (χ0n) is 10.6. The van der Waals surface area contributed by atoms with Gasteiger partial charge in [-0.2, -0.15) is 5.26 Å². The van der Waals surface area contributed by atoms with Crippen LogP contribution in [0, 0.1) is 11.3 Å². The number of aromatic carboxylic acids is 1. The number of carboxylic acid groups (broad SMARTS) is 1. The molecule has 0 unspecified atom stereocenters. The van der Waals surface area contributed by atoms with Crippen LogP contribution >= 0.6 is 31.9 Å². The molecule has 0 spiro atoms. The molecule has 0 aliphatic carbocycles. The number of hydrogen-bond donors (Lipinski definition) is 1. The maximum Gasteiger partial charge on any atom is 0.335 e. The van der Waals surface area contributed by atoms with Crippen LogP contribution in [0.5, 0.6) is 5.75 Å². The summed E-state index contributed by atoms with van der Waals surface area (Å²) in [7, 11) is 0. The molecule has 0 saturated carbocycles. The summed E-state index contributed by atoms with van der Waals surface area (Å²) in [5.41, 5.74) is 1.67. The average Bonchev–Trinajstić information content (AvgIpc) is 2.46. The van der Waals surface area contributed by atoms with E-state index >= 15 is 0 Å². The second kappa shape index (κ2) is 6.74. The number of halogens is 2. The molecular formula is C15H9Br2NO3. The summed E-state index contributed by atoms with van der Waals surface area (Å²) in [6.07, 6.45) is 0. The molecule has 106 valence electrons. The molecule has 0 bridgehead atoms. The van der Waals surface area contributed by atoms with Gasteiger partial charge in [0.1, 0.15) is 12.4 Å². The first-order valence-electron chi connectivity index (χ1n) is 5.85. The van der Waals surface area contributed by atoms with Crippen LogP contribution in [0.25, 0.3) is 0 Å². The van der Waals surface area contributed by atoms with Gasteiger partial charge in [0.15, 0.2) is 0 Å². The lowest BCUT2D eigenvalue weighted by atomic mass is 10.1. The molecule has 21 heavy (non-hydrogen) atoms. The smallest absolute Gasteiger partial charge is 0.335 e. The number of ether oxygens (including phenoxy) is 1. The zero-order chi connectivity index (χ0) is 15.4. The van der Waals surface area contributed by atoms with Gasteiger partial charge in [0, 0.05) is 0 Å². The average molecular weight is 411 g/mol. The molecule has 0 saturated heterocycles. The van der Waals surface area contributed by atoms with E-state index in [0.717, 1.165) is 5.56 Å². The molecule has 0 heterocycles. The molecule has 0 aliphatic heterocycles. The van der Waals surface area contributed by atoms with Gasteiger partial charge >= 0.3 is 5.97 Å². The van der Waals surface area contributed by atoms with Crippen LogP contribution in [-0.2, 0) is 6.61 Å². The van der Waals surface area contributed by atoms with Crippen LogP contribution in [0.2, 0.25) is 0 Å². The van der Waals surface area contributed by atoms with Gasteiger partial charge in [0.05, 0.1) is 26.1 Å². The van der Waals surface area contributed by atoms with Crippen molar-refractivity contribution in [2.24, 2.45) is 0 Å². The molecule has 2 rings (SSSR count). The summed E-state index contributed by atoms with van der Waals surface area (Å²) in [6.45, 7) is 0.315. The van der Waals surface area contributed by atoms with Crippen LogP contribution in [0.3, 0.4) is 0 Å². The lowest BCUT2D eigenvalue weighted by molar-refractivity contribution is 0.0696. The SMILES string of the molecule is N#Cc1ccc(COc2c(Br)cc(C(=O)O)cc2Br)cc1. The first-order valence-corrected chi connectivity index (χ1v) is 7.44. The second-order valence-electron chi connectivity index (χ2n) is 4.17. The van der Waals surface area contributed by atoms with Gasteiger partial charge in [-0.3, -0.25) is 0 Å². The van der Waals surface area contributed by atoms with E-state index in [9.17, 15) is 4.79 Å². The fourth-order valence-corrected chi connectivity index (χ4v) is 3.07. The monoisotopic (exact) mass is 409 g/mol.